The number of carboxylic acids is 1. The van der Waals surface area contributed by atoms with Gasteiger partial charge in [0.2, 0.25) is 5.43 Å². The van der Waals surface area contributed by atoms with Gasteiger partial charge in [0.1, 0.15) is 5.56 Å². The Balaban J connectivity index is 2.02. The molecule has 0 radical (unpaired) electrons. The summed E-state index contributed by atoms with van der Waals surface area (Å²) < 4.78 is 1.98. The van der Waals surface area contributed by atoms with Crippen LogP contribution in [0, 0.1) is 6.92 Å². The first-order chi connectivity index (χ1) is 12.0. The van der Waals surface area contributed by atoms with Gasteiger partial charge in [0.05, 0.1) is 16.9 Å². The van der Waals surface area contributed by atoms with E-state index in [0.29, 0.717) is 11.1 Å². The Hall–Kier alpha value is -2.15. The number of anilines is 2. The van der Waals surface area contributed by atoms with Crippen molar-refractivity contribution in [2.75, 3.05) is 35.2 Å². The number of aromatic carboxylic acids is 1. The second kappa shape index (κ2) is 5.98. The molecular weight excluding hydrogens is 338 g/mol. The van der Waals surface area contributed by atoms with E-state index in [2.05, 4.69) is 4.90 Å². The van der Waals surface area contributed by atoms with Crippen LogP contribution in [-0.4, -0.2) is 40.2 Å². The molecule has 1 aromatic heterocycles. The minimum atomic E-state index is -1.19. The van der Waals surface area contributed by atoms with Gasteiger partial charge in [-0.3, -0.25) is 4.79 Å². The van der Waals surface area contributed by atoms with Crippen LogP contribution in [0.3, 0.4) is 0 Å². The molecule has 0 spiro atoms. The highest BCUT2D eigenvalue weighted by atomic mass is 32.2. The average molecular weight is 359 g/mol. The quantitative estimate of drug-likeness (QED) is 0.819. The number of hydrogen-bond donors (Lipinski definition) is 2. The summed E-state index contributed by atoms with van der Waals surface area (Å²) in [6, 6.07) is 1.95. The Bertz CT molecular complexity index is 928. The molecule has 0 bridgehead atoms. The smallest absolute Gasteiger partial charge is 0.341 e. The van der Waals surface area contributed by atoms with Crippen molar-refractivity contribution in [1.29, 1.82) is 0 Å². The molecule has 132 valence electrons. The van der Waals surface area contributed by atoms with Crippen LogP contribution < -0.4 is 16.1 Å². The number of aromatic nitrogens is 1. The number of nitrogens with two attached hydrogens (primary N) is 1. The number of hydrogen-bond acceptors (Lipinski definition) is 5. The molecule has 3 N–H and O–H groups in total. The first kappa shape index (κ1) is 16.3. The molecule has 2 aromatic rings. The van der Waals surface area contributed by atoms with Gasteiger partial charge < -0.3 is 20.3 Å². The van der Waals surface area contributed by atoms with E-state index in [0.717, 1.165) is 54.2 Å². The van der Waals surface area contributed by atoms with Crippen LogP contribution in [-0.2, 0) is 0 Å². The molecule has 1 saturated carbocycles. The summed E-state index contributed by atoms with van der Waals surface area (Å²) in [6.45, 7) is 3.86. The highest BCUT2D eigenvalue weighted by Gasteiger charge is 2.29. The number of thioether (sulfide) groups is 1. The zero-order valence-electron chi connectivity index (χ0n) is 14.1. The number of carboxylic acid groups (broad SMARTS) is 1. The second-order valence-corrected chi connectivity index (χ2v) is 7.98. The summed E-state index contributed by atoms with van der Waals surface area (Å²) in [5.41, 5.74) is 9.03. The zero-order chi connectivity index (χ0) is 17.7. The second-order valence-electron chi connectivity index (χ2n) is 6.75. The van der Waals surface area contributed by atoms with Crippen LogP contribution in [0.15, 0.2) is 17.1 Å². The van der Waals surface area contributed by atoms with E-state index in [1.807, 2.05) is 23.3 Å². The third-order valence-electron chi connectivity index (χ3n) is 5.05. The molecule has 25 heavy (non-hydrogen) atoms. The van der Waals surface area contributed by atoms with Crippen molar-refractivity contribution >= 4 is 40.0 Å². The largest absolute Gasteiger partial charge is 0.477 e. The predicted molar refractivity (Wildman–Crippen MR) is 102 cm³/mol. The van der Waals surface area contributed by atoms with Crippen molar-refractivity contribution in [2.45, 2.75) is 25.8 Å². The Kier molecular flexibility index (Phi) is 3.91. The van der Waals surface area contributed by atoms with Gasteiger partial charge in [-0.2, -0.15) is 11.8 Å². The van der Waals surface area contributed by atoms with Gasteiger partial charge in [-0.05, 0) is 31.4 Å². The van der Waals surface area contributed by atoms with Crippen LogP contribution in [0.2, 0.25) is 0 Å². The predicted octanol–water partition coefficient (Wildman–Crippen LogP) is 2.48. The van der Waals surface area contributed by atoms with E-state index in [1.165, 1.54) is 6.20 Å². The van der Waals surface area contributed by atoms with Gasteiger partial charge in [-0.15, -0.1) is 0 Å². The van der Waals surface area contributed by atoms with Crippen molar-refractivity contribution in [3.63, 3.8) is 0 Å². The van der Waals surface area contributed by atoms with Gasteiger partial charge in [-0.25, -0.2) is 4.79 Å². The number of carbonyl (C=O) groups is 1. The van der Waals surface area contributed by atoms with Crippen LogP contribution >= 0.6 is 11.8 Å². The molecule has 6 nitrogen and oxygen atoms in total. The fourth-order valence-electron chi connectivity index (χ4n) is 3.74. The fraction of sp³-hybridized carbons (Fsp3) is 0.444. The van der Waals surface area contributed by atoms with Crippen molar-refractivity contribution in [3.8, 4) is 0 Å². The molecule has 0 atom stereocenters. The van der Waals surface area contributed by atoms with Crippen LogP contribution in [0.1, 0.15) is 34.8 Å². The summed E-state index contributed by atoms with van der Waals surface area (Å²) >= 11 is 1.93. The number of nitrogens with zero attached hydrogens (tertiary/aromatic N) is 2. The van der Waals surface area contributed by atoms with Gasteiger partial charge in [0.15, 0.2) is 0 Å². The van der Waals surface area contributed by atoms with E-state index in [4.69, 9.17) is 5.73 Å². The van der Waals surface area contributed by atoms with Gasteiger partial charge in [-0.1, -0.05) is 0 Å². The topological polar surface area (TPSA) is 88.6 Å². The zero-order valence-corrected chi connectivity index (χ0v) is 14.9. The Labute approximate surface area is 149 Å². The molecule has 2 aliphatic rings. The maximum atomic E-state index is 12.7. The molecular formula is C18H21N3O3S. The number of nitrogen functional groups attached to an aromatic ring is 1. The Morgan fingerprint density at radius 2 is 2.00 bits per heavy atom. The van der Waals surface area contributed by atoms with E-state index in [-0.39, 0.29) is 11.6 Å². The van der Waals surface area contributed by atoms with Gasteiger partial charge in [0, 0.05) is 42.2 Å². The molecule has 0 amide bonds. The minimum absolute atomic E-state index is 0.180. The summed E-state index contributed by atoms with van der Waals surface area (Å²) in [4.78, 5) is 26.5. The lowest BCUT2D eigenvalue weighted by Gasteiger charge is -2.32. The van der Waals surface area contributed by atoms with E-state index in [1.54, 1.807) is 6.07 Å². The molecule has 1 aliphatic carbocycles. The average Bonchev–Trinajstić information content (AvgIpc) is 3.41. The van der Waals surface area contributed by atoms with Crippen molar-refractivity contribution in [2.24, 2.45) is 0 Å². The number of benzene rings is 1. The highest BCUT2D eigenvalue weighted by Crippen LogP contribution is 2.41. The van der Waals surface area contributed by atoms with Crippen LogP contribution in [0.5, 0.6) is 0 Å². The lowest BCUT2D eigenvalue weighted by Crippen LogP contribution is -2.34. The standard InChI is InChI=1S/C18H21N3O3S/c1-10-15-12(8-14(19)16(10)20-4-6-25-7-5-20)17(22)13(18(23)24)9-21(15)11-2-3-11/h8-9,11H,2-7,19H2,1H3,(H,23,24). The summed E-state index contributed by atoms with van der Waals surface area (Å²) in [5, 5.41) is 9.81. The first-order valence-corrected chi connectivity index (χ1v) is 9.68. The Morgan fingerprint density at radius 3 is 2.60 bits per heavy atom. The fourth-order valence-corrected chi connectivity index (χ4v) is 4.64. The number of rotatable bonds is 3. The highest BCUT2D eigenvalue weighted by molar-refractivity contribution is 7.99. The number of pyridine rings is 1. The monoisotopic (exact) mass is 359 g/mol. The van der Waals surface area contributed by atoms with Crippen molar-refractivity contribution < 1.29 is 9.90 Å². The maximum absolute atomic E-state index is 12.7. The lowest BCUT2D eigenvalue weighted by molar-refractivity contribution is 0.0695. The van der Waals surface area contributed by atoms with Crippen molar-refractivity contribution in [3.05, 3.63) is 33.6 Å². The van der Waals surface area contributed by atoms with E-state index in [9.17, 15) is 14.7 Å². The molecule has 1 aliphatic heterocycles. The third-order valence-corrected chi connectivity index (χ3v) is 5.99. The van der Waals surface area contributed by atoms with Crippen molar-refractivity contribution in [1.82, 2.24) is 4.57 Å². The first-order valence-electron chi connectivity index (χ1n) is 8.53. The summed E-state index contributed by atoms with van der Waals surface area (Å²) in [7, 11) is 0. The number of aryl methyl sites for hydroxylation is 1. The minimum Gasteiger partial charge on any atom is -0.477 e. The molecule has 4 rings (SSSR count). The van der Waals surface area contributed by atoms with E-state index < -0.39 is 11.4 Å². The molecule has 1 saturated heterocycles. The summed E-state index contributed by atoms with van der Waals surface area (Å²) in [5.74, 6) is 0.934. The molecule has 2 heterocycles. The normalized spacial score (nSPS) is 17.9. The van der Waals surface area contributed by atoms with Gasteiger partial charge in [0.25, 0.3) is 0 Å². The molecule has 7 heteroatoms. The number of fused-ring (bicyclic) bond motifs is 1. The van der Waals surface area contributed by atoms with Gasteiger partial charge >= 0.3 is 5.97 Å². The summed E-state index contributed by atoms with van der Waals surface area (Å²) in [6.07, 6.45) is 3.54. The lowest BCUT2D eigenvalue weighted by atomic mass is 10.0. The molecule has 2 fully saturated rings. The molecule has 0 unspecified atom stereocenters. The maximum Gasteiger partial charge on any atom is 0.341 e. The van der Waals surface area contributed by atoms with E-state index >= 15 is 0 Å². The van der Waals surface area contributed by atoms with Crippen LogP contribution in [0.25, 0.3) is 10.9 Å². The van der Waals surface area contributed by atoms with Crippen LogP contribution in [0.4, 0.5) is 11.4 Å². The molecule has 1 aromatic carbocycles. The Morgan fingerprint density at radius 1 is 1.32 bits per heavy atom. The SMILES string of the molecule is Cc1c(N2CCSCC2)c(N)cc2c(=O)c(C(=O)O)cn(C3CC3)c12. The third kappa shape index (κ3) is 2.66.